The van der Waals surface area contributed by atoms with Gasteiger partial charge in [0.15, 0.2) is 0 Å². The van der Waals surface area contributed by atoms with E-state index >= 15 is 0 Å². The van der Waals surface area contributed by atoms with E-state index in [1.165, 1.54) is 12.8 Å². The van der Waals surface area contributed by atoms with Gasteiger partial charge in [-0.05, 0) is 48.3 Å². The summed E-state index contributed by atoms with van der Waals surface area (Å²) in [6, 6.07) is 2.07. The molecule has 1 aromatic rings. The smallest absolute Gasteiger partial charge is 0.137 e. The molecule has 1 aliphatic heterocycles. The van der Waals surface area contributed by atoms with E-state index in [1.807, 2.05) is 13.1 Å². The summed E-state index contributed by atoms with van der Waals surface area (Å²) in [6.45, 7) is 0.862. The molecule has 1 aliphatic rings. The zero-order chi connectivity index (χ0) is 10.7. The molecule has 0 radical (unpaired) electrons. The van der Waals surface area contributed by atoms with Crippen molar-refractivity contribution in [2.45, 2.75) is 31.4 Å². The van der Waals surface area contributed by atoms with Crippen molar-refractivity contribution in [1.82, 2.24) is 5.32 Å². The number of ether oxygens (including phenoxy) is 1. The van der Waals surface area contributed by atoms with Crippen molar-refractivity contribution >= 4 is 15.9 Å². The molecule has 2 heterocycles. The third kappa shape index (κ3) is 2.44. The molecule has 84 valence electrons. The van der Waals surface area contributed by atoms with Crippen LogP contribution in [0.2, 0.25) is 0 Å². The van der Waals surface area contributed by atoms with E-state index in [0.717, 1.165) is 23.3 Å². The minimum absolute atomic E-state index is 0.148. The fraction of sp³-hybridized carbons (Fsp3) is 0.636. The molecule has 0 spiro atoms. The first-order valence-electron chi connectivity index (χ1n) is 5.34. The minimum Gasteiger partial charge on any atom is -0.466 e. The maximum Gasteiger partial charge on any atom is 0.137 e. The maximum absolute atomic E-state index is 5.77. The van der Waals surface area contributed by atoms with Gasteiger partial charge in [0.1, 0.15) is 5.76 Å². The Bertz CT molecular complexity index is 307. The van der Waals surface area contributed by atoms with Gasteiger partial charge in [0.2, 0.25) is 0 Å². The minimum atomic E-state index is 0.148. The molecular formula is C11H16BrNO2. The summed E-state index contributed by atoms with van der Waals surface area (Å²) < 4.78 is 12.3. The largest absolute Gasteiger partial charge is 0.466 e. The van der Waals surface area contributed by atoms with Crippen molar-refractivity contribution in [2.75, 3.05) is 13.7 Å². The SMILES string of the molecule is CNC(c1occc1Br)C1CCCCO1. The molecule has 15 heavy (non-hydrogen) atoms. The summed E-state index contributed by atoms with van der Waals surface area (Å²) >= 11 is 3.49. The van der Waals surface area contributed by atoms with E-state index in [2.05, 4.69) is 21.2 Å². The molecule has 1 saturated heterocycles. The van der Waals surface area contributed by atoms with E-state index < -0.39 is 0 Å². The first kappa shape index (κ1) is 11.2. The van der Waals surface area contributed by atoms with Gasteiger partial charge in [0.25, 0.3) is 0 Å². The third-order valence-corrected chi connectivity index (χ3v) is 3.48. The van der Waals surface area contributed by atoms with E-state index in [0.29, 0.717) is 0 Å². The summed E-state index contributed by atoms with van der Waals surface area (Å²) in [7, 11) is 1.94. The maximum atomic E-state index is 5.77. The molecule has 1 N–H and O–H groups in total. The second kappa shape index (κ2) is 5.14. The van der Waals surface area contributed by atoms with Crippen LogP contribution < -0.4 is 5.32 Å². The lowest BCUT2D eigenvalue weighted by molar-refractivity contribution is -0.0111. The van der Waals surface area contributed by atoms with Gasteiger partial charge in [-0.3, -0.25) is 0 Å². The molecule has 0 aliphatic carbocycles. The average Bonchev–Trinajstić information content (AvgIpc) is 2.68. The molecule has 2 rings (SSSR count). The van der Waals surface area contributed by atoms with Crippen molar-refractivity contribution in [2.24, 2.45) is 0 Å². The molecule has 0 saturated carbocycles. The normalized spacial score (nSPS) is 24.0. The van der Waals surface area contributed by atoms with Crippen molar-refractivity contribution in [3.8, 4) is 0 Å². The molecule has 0 aromatic carbocycles. The highest BCUT2D eigenvalue weighted by Crippen LogP contribution is 2.31. The van der Waals surface area contributed by atoms with Crippen LogP contribution in [0.3, 0.4) is 0 Å². The van der Waals surface area contributed by atoms with E-state index in [4.69, 9.17) is 9.15 Å². The number of rotatable bonds is 3. The van der Waals surface area contributed by atoms with Crippen LogP contribution in [0.4, 0.5) is 0 Å². The zero-order valence-corrected chi connectivity index (χ0v) is 10.4. The van der Waals surface area contributed by atoms with E-state index in [-0.39, 0.29) is 12.1 Å². The summed E-state index contributed by atoms with van der Waals surface area (Å²) in [5.74, 6) is 0.935. The molecule has 2 unspecified atom stereocenters. The topological polar surface area (TPSA) is 34.4 Å². The van der Waals surface area contributed by atoms with Gasteiger partial charge in [0, 0.05) is 6.61 Å². The van der Waals surface area contributed by atoms with Crippen LogP contribution in [0.5, 0.6) is 0 Å². The van der Waals surface area contributed by atoms with Gasteiger partial charge in [0.05, 0.1) is 22.9 Å². The Morgan fingerprint density at radius 1 is 1.53 bits per heavy atom. The number of hydrogen-bond donors (Lipinski definition) is 1. The van der Waals surface area contributed by atoms with Gasteiger partial charge in [-0.1, -0.05) is 0 Å². The van der Waals surface area contributed by atoms with Crippen molar-refractivity contribution in [1.29, 1.82) is 0 Å². The standard InChI is InChI=1S/C11H16BrNO2/c1-13-10(9-4-2-3-6-14-9)11-8(12)5-7-15-11/h5,7,9-10,13H,2-4,6H2,1H3. The predicted octanol–water partition coefficient (Wildman–Crippen LogP) is 2.87. The van der Waals surface area contributed by atoms with Gasteiger partial charge >= 0.3 is 0 Å². The van der Waals surface area contributed by atoms with Crippen LogP contribution in [0, 0.1) is 0 Å². The number of hydrogen-bond acceptors (Lipinski definition) is 3. The molecule has 3 nitrogen and oxygen atoms in total. The van der Waals surface area contributed by atoms with Crippen molar-refractivity contribution in [3.05, 3.63) is 22.6 Å². The monoisotopic (exact) mass is 273 g/mol. The fourth-order valence-electron chi connectivity index (χ4n) is 2.04. The van der Waals surface area contributed by atoms with E-state index in [9.17, 15) is 0 Å². The lowest BCUT2D eigenvalue weighted by Crippen LogP contribution is -2.34. The Hall–Kier alpha value is -0.320. The quantitative estimate of drug-likeness (QED) is 0.920. The number of nitrogens with one attached hydrogen (secondary N) is 1. The van der Waals surface area contributed by atoms with Crippen LogP contribution in [-0.4, -0.2) is 19.8 Å². The third-order valence-electron chi connectivity index (χ3n) is 2.82. The highest BCUT2D eigenvalue weighted by atomic mass is 79.9. The molecule has 0 amide bonds. The van der Waals surface area contributed by atoms with Crippen LogP contribution in [-0.2, 0) is 4.74 Å². The molecule has 1 aromatic heterocycles. The second-order valence-electron chi connectivity index (χ2n) is 3.80. The number of halogens is 1. The lowest BCUT2D eigenvalue weighted by atomic mass is 10.0. The first-order chi connectivity index (χ1) is 7.33. The van der Waals surface area contributed by atoms with Crippen molar-refractivity contribution < 1.29 is 9.15 Å². The number of furan rings is 1. The summed E-state index contributed by atoms with van der Waals surface area (Å²) in [5.41, 5.74) is 0. The van der Waals surface area contributed by atoms with Gasteiger partial charge < -0.3 is 14.5 Å². The Kier molecular flexibility index (Phi) is 3.83. The lowest BCUT2D eigenvalue weighted by Gasteiger charge is -2.29. The van der Waals surface area contributed by atoms with Crippen LogP contribution in [0.1, 0.15) is 31.1 Å². The molecule has 0 bridgehead atoms. The average molecular weight is 274 g/mol. The highest BCUT2D eigenvalue weighted by molar-refractivity contribution is 9.10. The Labute approximate surface area is 98.3 Å². The van der Waals surface area contributed by atoms with Crippen LogP contribution >= 0.6 is 15.9 Å². The number of likely N-dealkylation sites (N-methyl/N-ethyl adjacent to an activating group) is 1. The molecule has 2 atom stereocenters. The van der Waals surface area contributed by atoms with Gasteiger partial charge in [-0.25, -0.2) is 0 Å². The van der Waals surface area contributed by atoms with Gasteiger partial charge in [-0.2, -0.15) is 0 Å². The second-order valence-corrected chi connectivity index (χ2v) is 4.66. The molecule has 1 fully saturated rings. The van der Waals surface area contributed by atoms with E-state index in [1.54, 1.807) is 6.26 Å². The molecule has 4 heteroatoms. The summed E-state index contributed by atoms with van der Waals surface area (Å²) in [4.78, 5) is 0. The van der Waals surface area contributed by atoms with Crippen LogP contribution in [0.15, 0.2) is 21.2 Å². The van der Waals surface area contributed by atoms with Gasteiger partial charge in [-0.15, -0.1) is 0 Å². The summed E-state index contributed by atoms with van der Waals surface area (Å²) in [6.07, 6.45) is 5.43. The fourth-order valence-corrected chi connectivity index (χ4v) is 2.49. The van der Waals surface area contributed by atoms with Crippen LogP contribution in [0.25, 0.3) is 0 Å². The van der Waals surface area contributed by atoms with Crippen molar-refractivity contribution in [3.63, 3.8) is 0 Å². The predicted molar refractivity (Wildman–Crippen MR) is 61.8 cm³/mol. The zero-order valence-electron chi connectivity index (χ0n) is 8.83. The first-order valence-corrected chi connectivity index (χ1v) is 6.14. The Morgan fingerprint density at radius 3 is 2.93 bits per heavy atom. The summed E-state index contributed by atoms with van der Waals surface area (Å²) in [5, 5.41) is 3.27. The Balaban J connectivity index is 2.12. The molecular weight excluding hydrogens is 258 g/mol. The highest BCUT2D eigenvalue weighted by Gasteiger charge is 2.28. The Morgan fingerprint density at radius 2 is 2.40 bits per heavy atom.